The summed E-state index contributed by atoms with van der Waals surface area (Å²) < 4.78 is 0.905. The molecule has 0 bridgehead atoms. The first-order valence-corrected chi connectivity index (χ1v) is 6.37. The summed E-state index contributed by atoms with van der Waals surface area (Å²) in [6.07, 6.45) is 0. The molecule has 0 saturated carbocycles. The minimum Gasteiger partial charge on any atom is -0.398 e. The summed E-state index contributed by atoms with van der Waals surface area (Å²) in [6.45, 7) is 1.54. The molecule has 1 aromatic carbocycles. The number of aromatic amines is 1. The molecule has 5 N–H and O–H groups in total. The third-order valence-electron chi connectivity index (χ3n) is 2.98. The average molecular weight is 306 g/mol. The zero-order chi connectivity index (χ0) is 12.7. The molecule has 0 fully saturated rings. The number of hydrogen-bond acceptors (Lipinski definition) is 4. The fraction of sp³-hybridized carbons (Fsp3) is 0.167. The fourth-order valence-electron chi connectivity index (χ4n) is 2.05. The van der Waals surface area contributed by atoms with E-state index in [0.29, 0.717) is 22.8 Å². The van der Waals surface area contributed by atoms with Gasteiger partial charge in [0.15, 0.2) is 5.82 Å². The number of benzene rings is 1. The maximum absolute atomic E-state index is 8.18. The molecule has 0 atom stereocenters. The highest BCUT2D eigenvalue weighted by Crippen LogP contribution is 2.21. The average Bonchev–Trinajstić information content (AvgIpc) is 2.87. The molecule has 3 rings (SSSR count). The van der Waals surface area contributed by atoms with Gasteiger partial charge in [-0.15, -0.1) is 0 Å². The number of fused-ring (bicyclic) bond motifs is 1. The highest BCUT2D eigenvalue weighted by Gasteiger charge is 2.19. The van der Waals surface area contributed by atoms with E-state index in [1.165, 1.54) is 0 Å². The summed E-state index contributed by atoms with van der Waals surface area (Å²) in [6, 6.07) is 5.49. The normalized spacial score (nSPS) is 13.6. The minimum atomic E-state index is 0.328. The molecule has 1 aromatic heterocycles. The number of nitrogens with zero attached hydrogens (tertiary/aromatic N) is 1. The van der Waals surface area contributed by atoms with E-state index in [1.807, 2.05) is 12.1 Å². The number of hydrogen-bond donors (Lipinski definition) is 4. The third-order valence-corrected chi connectivity index (χ3v) is 3.47. The van der Waals surface area contributed by atoms with E-state index in [2.05, 4.69) is 31.2 Å². The second-order valence-corrected chi connectivity index (χ2v) is 5.14. The van der Waals surface area contributed by atoms with Gasteiger partial charge in [-0.3, -0.25) is 5.41 Å². The molecule has 0 saturated heterocycles. The van der Waals surface area contributed by atoms with Gasteiger partial charge in [-0.05, 0) is 18.2 Å². The highest BCUT2D eigenvalue weighted by molar-refractivity contribution is 9.10. The van der Waals surface area contributed by atoms with Crippen LogP contribution in [0.5, 0.6) is 0 Å². The Labute approximate surface area is 112 Å². The van der Waals surface area contributed by atoms with Crippen molar-refractivity contribution in [3.63, 3.8) is 0 Å². The van der Waals surface area contributed by atoms with Crippen LogP contribution in [0.15, 0.2) is 22.7 Å². The van der Waals surface area contributed by atoms with Gasteiger partial charge in [-0.2, -0.15) is 0 Å². The van der Waals surface area contributed by atoms with Gasteiger partial charge >= 0.3 is 0 Å². The van der Waals surface area contributed by atoms with Crippen molar-refractivity contribution in [3.8, 4) is 0 Å². The molecule has 0 radical (unpaired) electrons. The van der Waals surface area contributed by atoms with Crippen molar-refractivity contribution in [2.45, 2.75) is 13.1 Å². The molecule has 0 aliphatic carbocycles. The standard InChI is InChI=1S/C12H12BrN5/c13-6-1-2-7(8(14)3-6)11(15)12-17-9-4-16-5-10(9)18-12/h1-3,15-16H,4-5,14H2,(H,17,18). The number of imidazole rings is 1. The van der Waals surface area contributed by atoms with Gasteiger partial charge in [-0.1, -0.05) is 15.9 Å². The van der Waals surface area contributed by atoms with E-state index < -0.39 is 0 Å². The largest absolute Gasteiger partial charge is 0.398 e. The maximum Gasteiger partial charge on any atom is 0.156 e. The van der Waals surface area contributed by atoms with Gasteiger partial charge in [0.2, 0.25) is 0 Å². The van der Waals surface area contributed by atoms with Gasteiger partial charge in [-0.25, -0.2) is 4.98 Å². The monoisotopic (exact) mass is 305 g/mol. The van der Waals surface area contributed by atoms with Crippen LogP contribution in [-0.4, -0.2) is 15.7 Å². The van der Waals surface area contributed by atoms with Crippen LogP contribution in [0.3, 0.4) is 0 Å². The quantitative estimate of drug-likeness (QED) is 0.503. The van der Waals surface area contributed by atoms with E-state index in [4.69, 9.17) is 11.1 Å². The lowest BCUT2D eigenvalue weighted by atomic mass is 10.1. The number of aromatic nitrogens is 2. The Bertz CT molecular complexity index is 610. The summed E-state index contributed by atoms with van der Waals surface area (Å²) in [7, 11) is 0. The van der Waals surface area contributed by atoms with Crippen LogP contribution in [0, 0.1) is 5.41 Å². The maximum atomic E-state index is 8.18. The number of H-pyrrole nitrogens is 1. The molecule has 0 unspecified atom stereocenters. The summed E-state index contributed by atoms with van der Waals surface area (Å²) in [4.78, 5) is 7.59. The number of nitrogens with two attached hydrogens (primary N) is 1. The molecule has 1 aliphatic heterocycles. The summed E-state index contributed by atoms with van der Waals surface area (Å²) >= 11 is 3.36. The van der Waals surface area contributed by atoms with Crippen molar-refractivity contribution in [2.75, 3.05) is 5.73 Å². The number of anilines is 1. The molecule has 6 heteroatoms. The Balaban J connectivity index is 1.98. The number of nitrogens with one attached hydrogen (secondary N) is 3. The Hall–Kier alpha value is -1.66. The van der Waals surface area contributed by atoms with Crippen LogP contribution in [0.25, 0.3) is 0 Å². The molecular weight excluding hydrogens is 294 g/mol. The second-order valence-electron chi connectivity index (χ2n) is 4.22. The molecule has 92 valence electrons. The predicted octanol–water partition coefficient (Wildman–Crippen LogP) is 1.77. The van der Waals surface area contributed by atoms with Crippen LogP contribution in [-0.2, 0) is 13.1 Å². The molecule has 18 heavy (non-hydrogen) atoms. The first-order valence-electron chi connectivity index (χ1n) is 5.58. The summed E-state index contributed by atoms with van der Waals surface area (Å²) in [5.41, 5.74) is 9.57. The van der Waals surface area contributed by atoms with Crippen molar-refractivity contribution >= 4 is 27.3 Å². The Morgan fingerprint density at radius 3 is 2.94 bits per heavy atom. The van der Waals surface area contributed by atoms with Crippen molar-refractivity contribution in [2.24, 2.45) is 0 Å². The zero-order valence-corrected chi connectivity index (χ0v) is 11.1. The second kappa shape index (κ2) is 4.22. The molecular formula is C12H12BrN5. The molecule has 2 aromatic rings. The first-order chi connectivity index (χ1) is 8.65. The van der Waals surface area contributed by atoms with Gasteiger partial charge in [0, 0.05) is 28.8 Å². The zero-order valence-electron chi connectivity index (χ0n) is 9.55. The van der Waals surface area contributed by atoms with E-state index >= 15 is 0 Å². The number of nitrogen functional groups attached to an aromatic ring is 1. The molecule has 1 aliphatic rings. The van der Waals surface area contributed by atoms with Crippen molar-refractivity contribution in [1.29, 1.82) is 5.41 Å². The lowest BCUT2D eigenvalue weighted by molar-refractivity contribution is 0.742. The van der Waals surface area contributed by atoms with Crippen molar-refractivity contribution in [1.82, 2.24) is 15.3 Å². The van der Waals surface area contributed by atoms with Crippen molar-refractivity contribution < 1.29 is 0 Å². The van der Waals surface area contributed by atoms with E-state index in [-0.39, 0.29) is 0 Å². The Morgan fingerprint density at radius 2 is 2.22 bits per heavy atom. The fourth-order valence-corrected chi connectivity index (χ4v) is 2.43. The smallest absolute Gasteiger partial charge is 0.156 e. The van der Waals surface area contributed by atoms with Crippen LogP contribution < -0.4 is 11.1 Å². The Morgan fingerprint density at radius 1 is 1.39 bits per heavy atom. The molecule has 0 amide bonds. The molecule has 0 spiro atoms. The van der Waals surface area contributed by atoms with Crippen LogP contribution in [0.2, 0.25) is 0 Å². The summed E-state index contributed by atoms with van der Waals surface area (Å²) in [5.74, 6) is 0.579. The first kappa shape index (κ1) is 11.4. The van der Waals surface area contributed by atoms with Crippen LogP contribution >= 0.6 is 15.9 Å². The van der Waals surface area contributed by atoms with Crippen LogP contribution in [0.4, 0.5) is 5.69 Å². The molecule has 5 nitrogen and oxygen atoms in total. The predicted molar refractivity (Wildman–Crippen MR) is 73.6 cm³/mol. The lowest BCUT2D eigenvalue weighted by Gasteiger charge is -2.06. The van der Waals surface area contributed by atoms with Gasteiger partial charge in [0.05, 0.1) is 11.4 Å². The minimum absolute atomic E-state index is 0.328. The van der Waals surface area contributed by atoms with Crippen LogP contribution in [0.1, 0.15) is 22.8 Å². The number of rotatable bonds is 2. The van der Waals surface area contributed by atoms with Gasteiger partial charge in [0.1, 0.15) is 5.71 Å². The summed E-state index contributed by atoms with van der Waals surface area (Å²) in [5, 5.41) is 11.4. The van der Waals surface area contributed by atoms with E-state index in [9.17, 15) is 0 Å². The van der Waals surface area contributed by atoms with Gasteiger partial charge in [0.25, 0.3) is 0 Å². The molecule has 2 heterocycles. The van der Waals surface area contributed by atoms with Gasteiger partial charge < -0.3 is 16.0 Å². The highest BCUT2D eigenvalue weighted by atomic mass is 79.9. The SMILES string of the molecule is N=C(c1nc2c([nH]1)CNC2)c1ccc(Br)cc1N. The van der Waals surface area contributed by atoms with Crippen molar-refractivity contribution in [3.05, 3.63) is 45.4 Å². The third kappa shape index (κ3) is 1.83. The lowest BCUT2D eigenvalue weighted by Crippen LogP contribution is -2.10. The topological polar surface area (TPSA) is 90.6 Å². The number of halogens is 1. The Kier molecular flexibility index (Phi) is 2.68. The van der Waals surface area contributed by atoms with E-state index in [1.54, 1.807) is 6.07 Å². The van der Waals surface area contributed by atoms with E-state index in [0.717, 1.165) is 29.0 Å².